The van der Waals surface area contributed by atoms with E-state index in [0.29, 0.717) is 16.9 Å². The number of hydrogen-bond donors (Lipinski definition) is 1. The van der Waals surface area contributed by atoms with Crippen LogP contribution in [0.5, 0.6) is 5.75 Å². The van der Waals surface area contributed by atoms with E-state index in [1.807, 2.05) is 17.7 Å². The third-order valence-corrected chi connectivity index (χ3v) is 4.16. The standard InChI is InChI=1S/C20H17N5O2/c1-25-12-21-11-18(25)15-7-14-8-19(23-10-17(14)22-9-15)24-20(26)13-3-5-16(27-2)6-4-13/h3-12H,1-2H3,(H,23,24,26)/i2D3. The number of benzene rings is 1. The molecule has 1 aromatic carbocycles. The Morgan fingerprint density at radius 3 is 2.74 bits per heavy atom. The molecular formula is C20H17N5O2. The number of anilines is 1. The van der Waals surface area contributed by atoms with Crippen molar-refractivity contribution in [2.45, 2.75) is 0 Å². The Labute approximate surface area is 159 Å². The van der Waals surface area contributed by atoms with Crippen LogP contribution < -0.4 is 10.1 Å². The lowest BCUT2D eigenvalue weighted by Crippen LogP contribution is -2.12. The first kappa shape index (κ1) is 13.5. The summed E-state index contributed by atoms with van der Waals surface area (Å²) >= 11 is 0. The molecule has 0 radical (unpaired) electrons. The molecule has 7 nitrogen and oxygen atoms in total. The van der Waals surface area contributed by atoms with Crippen LogP contribution in [0.1, 0.15) is 14.5 Å². The van der Waals surface area contributed by atoms with E-state index in [4.69, 9.17) is 8.85 Å². The summed E-state index contributed by atoms with van der Waals surface area (Å²) in [6.07, 6.45) is 6.81. The molecule has 0 unspecified atom stereocenters. The van der Waals surface area contributed by atoms with E-state index in [9.17, 15) is 4.79 Å². The number of fused-ring (bicyclic) bond motifs is 1. The molecule has 0 atom stereocenters. The van der Waals surface area contributed by atoms with Gasteiger partial charge in [-0.25, -0.2) is 9.97 Å². The second kappa shape index (κ2) is 6.87. The number of nitrogens with zero attached hydrogens (tertiary/aromatic N) is 4. The molecule has 134 valence electrons. The largest absolute Gasteiger partial charge is 0.497 e. The Balaban J connectivity index is 1.54. The molecule has 0 saturated carbocycles. The lowest BCUT2D eigenvalue weighted by molar-refractivity contribution is 0.102. The van der Waals surface area contributed by atoms with Crippen molar-refractivity contribution in [3.8, 4) is 17.0 Å². The number of hydrogen-bond acceptors (Lipinski definition) is 5. The van der Waals surface area contributed by atoms with E-state index in [1.54, 1.807) is 31.0 Å². The quantitative estimate of drug-likeness (QED) is 0.602. The van der Waals surface area contributed by atoms with Crippen molar-refractivity contribution in [1.29, 1.82) is 0 Å². The summed E-state index contributed by atoms with van der Waals surface area (Å²) in [6, 6.07) is 9.53. The van der Waals surface area contributed by atoms with E-state index in [2.05, 4.69) is 20.3 Å². The second-order valence-corrected chi connectivity index (χ2v) is 5.96. The van der Waals surface area contributed by atoms with Gasteiger partial charge in [0, 0.05) is 29.8 Å². The van der Waals surface area contributed by atoms with Crippen molar-refractivity contribution in [2.24, 2.45) is 7.05 Å². The van der Waals surface area contributed by atoms with Crippen molar-refractivity contribution < 1.29 is 13.6 Å². The fourth-order valence-corrected chi connectivity index (χ4v) is 2.74. The number of carbonyl (C=O) groups excluding carboxylic acids is 1. The maximum Gasteiger partial charge on any atom is 0.256 e. The van der Waals surface area contributed by atoms with Crippen LogP contribution in [-0.4, -0.2) is 32.5 Å². The van der Waals surface area contributed by atoms with Crippen LogP contribution in [0.3, 0.4) is 0 Å². The van der Waals surface area contributed by atoms with Crippen LogP contribution in [0.2, 0.25) is 0 Å². The molecule has 0 saturated heterocycles. The summed E-state index contributed by atoms with van der Waals surface area (Å²) in [4.78, 5) is 25.3. The first-order valence-electron chi connectivity index (χ1n) is 9.61. The zero-order chi connectivity index (χ0) is 21.3. The van der Waals surface area contributed by atoms with Crippen molar-refractivity contribution >= 4 is 22.6 Å². The van der Waals surface area contributed by atoms with Crippen LogP contribution in [0.25, 0.3) is 22.2 Å². The molecule has 0 aliphatic rings. The highest BCUT2D eigenvalue weighted by Gasteiger charge is 2.09. The zero-order valence-corrected chi connectivity index (χ0v) is 14.4. The lowest BCUT2D eigenvalue weighted by Gasteiger charge is -2.08. The van der Waals surface area contributed by atoms with Crippen LogP contribution in [0, 0.1) is 0 Å². The fraction of sp³-hybridized carbons (Fsp3) is 0.100. The van der Waals surface area contributed by atoms with Gasteiger partial charge in [-0.15, -0.1) is 0 Å². The first-order valence-corrected chi connectivity index (χ1v) is 8.11. The third-order valence-electron chi connectivity index (χ3n) is 4.16. The number of nitrogens with one attached hydrogen (secondary N) is 1. The third kappa shape index (κ3) is 3.35. The molecule has 4 rings (SSSR count). The number of amides is 1. The van der Waals surface area contributed by atoms with Gasteiger partial charge in [-0.3, -0.25) is 9.78 Å². The van der Waals surface area contributed by atoms with Gasteiger partial charge in [0.1, 0.15) is 11.6 Å². The summed E-state index contributed by atoms with van der Waals surface area (Å²) < 4.78 is 28.0. The molecule has 0 aliphatic carbocycles. The highest BCUT2D eigenvalue weighted by atomic mass is 16.5. The van der Waals surface area contributed by atoms with Crippen molar-refractivity contribution in [3.05, 3.63) is 66.9 Å². The normalized spacial score (nSPS) is 12.9. The number of aromatic nitrogens is 4. The van der Waals surface area contributed by atoms with Crippen LogP contribution >= 0.6 is 0 Å². The van der Waals surface area contributed by atoms with Gasteiger partial charge in [0.25, 0.3) is 5.91 Å². The van der Waals surface area contributed by atoms with Crippen molar-refractivity contribution in [2.75, 3.05) is 12.4 Å². The smallest absolute Gasteiger partial charge is 0.256 e. The Bertz CT molecular complexity index is 1220. The predicted molar refractivity (Wildman–Crippen MR) is 103 cm³/mol. The molecule has 4 aromatic rings. The zero-order valence-electron chi connectivity index (χ0n) is 17.4. The number of ether oxygens (including phenoxy) is 1. The molecule has 1 N–H and O–H groups in total. The maximum absolute atomic E-state index is 12.5. The number of imidazole rings is 1. The highest BCUT2D eigenvalue weighted by molar-refractivity contribution is 6.04. The van der Waals surface area contributed by atoms with E-state index in [0.717, 1.165) is 16.6 Å². The summed E-state index contributed by atoms with van der Waals surface area (Å²) in [6.45, 7) is 0. The Morgan fingerprint density at radius 1 is 1.15 bits per heavy atom. The fourth-order valence-electron chi connectivity index (χ4n) is 2.74. The highest BCUT2D eigenvalue weighted by Crippen LogP contribution is 2.23. The summed E-state index contributed by atoms with van der Waals surface area (Å²) in [7, 11) is -0.639. The molecule has 0 spiro atoms. The van der Waals surface area contributed by atoms with Crippen molar-refractivity contribution in [1.82, 2.24) is 19.5 Å². The minimum atomic E-state index is -2.54. The molecule has 3 heterocycles. The van der Waals surface area contributed by atoms with Gasteiger partial charge in [-0.2, -0.15) is 0 Å². The molecule has 27 heavy (non-hydrogen) atoms. The van der Waals surface area contributed by atoms with E-state index < -0.39 is 7.04 Å². The van der Waals surface area contributed by atoms with Gasteiger partial charge >= 0.3 is 0 Å². The minimum Gasteiger partial charge on any atom is -0.497 e. The Hall–Kier alpha value is -3.74. The predicted octanol–water partition coefficient (Wildman–Crippen LogP) is 3.29. The Kier molecular flexibility index (Phi) is 3.43. The first-order chi connectivity index (χ1) is 14.3. The number of pyridine rings is 2. The van der Waals surface area contributed by atoms with Gasteiger partial charge in [0.05, 0.1) is 41.1 Å². The molecule has 7 heteroatoms. The second-order valence-electron chi connectivity index (χ2n) is 5.96. The summed E-state index contributed by atoms with van der Waals surface area (Å²) in [5.41, 5.74) is 2.86. The molecular weight excluding hydrogens is 342 g/mol. The van der Waals surface area contributed by atoms with E-state index >= 15 is 0 Å². The van der Waals surface area contributed by atoms with Gasteiger partial charge in [0.15, 0.2) is 0 Å². The minimum absolute atomic E-state index is 0.157. The summed E-state index contributed by atoms with van der Waals surface area (Å²) in [5, 5.41) is 3.56. The number of rotatable bonds is 4. The topological polar surface area (TPSA) is 81.9 Å². The van der Waals surface area contributed by atoms with Gasteiger partial charge < -0.3 is 14.6 Å². The van der Waals surface area contributed by atoms with Crippen LogP contribution in [0.15, 0.2) is 61.3 Å². The molecule has 0 aliphatic heterocycles. The van der Waals surface area contributed by atoms with Crippen LogP contribution in [0.4, 0.5) is 5.82 Å². The Morgan fingerprint density at radius 2 is 2.00 bits per heavy atom. The number of aryl methyl sites for hydroxylation is 1. The van der Waals surface area contributed by atoms with Gasteiger partial charge in [-0.05, 0) is 36.4 Å². The average molecular weight is 362 g/mol. The number of carbonyl (C=O) groups is 1. The van der Waals surface area contributed by atoms with Gasteiger partial charge in [-0.1, -0.05) is 0 Å². The monoisotopic (exact) mass is 362 g/mol. The average Bonchev–Trinajstić information content (AvgIpc) is 3.12. The lowest BCUT2D eigenvalue weighted by atomic mass is 10.1. The van der Waals surface area contributed by atoms with Crippen molar-refractivity contribution in [3.63, 3.8) is 0 Å². The number of methoxy groups -OCH3 is 1. The molecule has 3 aromatic heterocycles. The molecule has 1 amide bonds. The van der Waals surface area contributed by atoms with E-state index in [-0.39, 0.29) is 11.7 Å². The van der Waals surface area contributed by atoms with E-state index in [1.165, 1.54) is 24.3 Å². The summed E-state index contributed by atoms with van der Waals surface area (Å²) in [5.74, 6) is 0.154. The van der Waals surface area contributed by atoms with Gasteiger partial charge in [0.2, 0.25) is 0 Å². The maximum atomic E-state index is 12.5. The molecule has 0 fully saturated rings. The van der Waals surface area contributed by atoms with Crippen LogP contribution in [-0.2, 0) is 7.05 Å². The molecule has 0 bridgehead atoms. The SMILES string of the molecule is [2H]C([2H])([2H])Oc1ccc(C(=O)Nc2cc3cc(-c4cncn4C)cnc3cn2)cc1.